The summed E-state index contributed by atoms with van der Waals surface area (Å²) in [7, 11) is 0. The van der Waals surface area contributed by atoms with E-state index in [0.717, 1.165) is 31.4 Å². The second kappa shape index (κ2) is 12.9. The van der Waals surface area contributed by atoms with E-state index in [4.69, 9.17) is 27.9 Å². The minimum atomic E-state index is -0.637. The lowest BCUT2D eigenvalue weighted by Gasteiger charge is -2.31. The maximum absolute atomic E-state index is 13.2. The van der Waals surface area contributed by atoms with Gasteiger partial charge in [0.05, 0.1) is 6.61 Å². The highest BCUT2D eigenvalue weighted by Crippen LogP contribution is 2.27. The molecule has 33 heavy (non-hydrogen) atoms. The minimum Gasteiger partial charge on any atom is -0.494 e. The Balaban J connectivity index is 1.65. The van der Waals surface area contributed by atoms with Gasteiger partial charge >= 0.3 is 0 Å². The minimum absolute atomic E-state index is 0.131. The van der Waals surface area contributed by atoms with Gasteiger partial charge in [0.25, 0.3) is 0 Å². The molecule has 0 bridgehead atoms. The zero-order chi connectivity index (χ0) is 23.6. The summed E-state index contributed by atoms with van der Waals surface area (Å²) in [6.45, 7) is 2.36. The Morgan fingerprint density at radius 3 is 2.36 bits per heavy atom. The van der Waals surface area contributed by atoms with Gasteiger partial charge in [-0.2, -0.15) is 0 Å². The zero-order valence-electron chi connectivity index (χ0n) is 19.1. The number of rotatable bonds is 10. The van der Waals surface area contributed by atoms with Crippen LogP contribution in [-0.4, -0.2) is 35.4 Å². The van der Waals surface area contributed by atoms with Crippen LogP contribution in [0.2, 0.25) is 10.0 Å². The molecule has 1 N–H and O–H groups in total. The van der Waals surface area contributed by atoms with Crippen molar-refractivity contribution in [3.63, 3.8) is 0 Å². The first kappa shape index (κ1) is 25.4. The maximum atomic E-state index is 13.2. The van der Waals surface area contributed by atoms with E-state index in [0.29, 0.717) is 28.6 Å². The van der Waals surface area contributed by atoms with Crippen LogP contribution in [0.4, 0.5) is 0 Å². The van der Waals surface area contributed by atoms with Gasteiger partial charge in [-0.15, -0.1) is 0 Å². The summed E-state index contributed by atoms with van der Waals surface area (Å²) in [5, 5.41) is 4.09. The third-order valence-electron chi connectivity index (χ3n) is 6.06. The fourth-order valence-electron chi connectivity index (χ4n) is 4.08. The molecule has 0 radical (unpaired) electrons. The fourth-order valence-corrected chi connectivity index (χ4v) is 4.60. The number of nitrogens with zero attached hydrogens (tertiary/aromatic N) is 1. The van der Waals surface area contributed by atoms with Crippen molar-refractivity contribution in [3.05, 3.63) is 64.1 Å². The average molecular weight is 491 g/mol. The molecule has 1 aliphatic carbocycles. The molecule has 3 rings (SSSR count). The van der Waals surface area contributed by atoms with Gasteiger partial charge in [0.2, 0.25) is 11.8 Å². The number of para-hydroxylation sites is 1. The molecule has 0 saturated heterocycles. The fraction of sp³-hybridized carbons (Fsp3) is 0.462. The first-order chi connectivity index (χ1) is 16.0. The van der Waals surface area contributed by atoms with Crippen molar-refractivity contribution >= 4 is 35.0 Å². The molecule has 0 heterocycles. The van der Waals surface area contributed by atoms with E-state index in [1.807, 2.05) is 30.3 Å². The number of carbonyl (C=O) groups excluding carboxylic acids is 2. The highest BCUT2D eigenvalue weighted by molar-refractivity contribution is 6.36. The number of carbonyl (C=O) groups is 2. The lowest BCUT2D eigenvalue weighted by Crippen LogP contribution is -2.50. The highest BCUT2D eigenvalue weighted by atomic mass is 35.5. The first-order valence-corrected chi connectivity index (χ1v) is 12.4. The van der Waals surface area contributed by atoms with E-state index >= 15 is 0 Å². The van der Waals surface area contributed by atoms with Crippen molar-refractivity contribution in [2.45, 2.75) is 70.5 Å². The van der Waals surface area contributed by atoms with Gasteiger partial charge in [-0.1, -0.05) is 66.7 Å². The second-order valence-electron chi connectivity index (χ2n) is 8.51. The van der Waals surface area contributed by atoms with Crippen LogP contribution in [0.5, 0.6) is 5.75 Å². The first-order valence-electron chi connectivity index (χ1n) is 11.7. The molecule has 1 unspecified atom stereocenters. The molecule has 1 atom stereocenters. The molecule has 178 valence electrons. The maximum Gasteiger partial charge on any atom is 0.242 e. The van der Waals surface area contributed by atoms with Crippen LogP contribution in [0.25, 0.3) is 0 Å². The van der Waals surface area contributed by atoms with Crippen molar-refractivity contribution in [2.24, 2.45) is 0 Å². The van der Waals surface area contributed by atoms with E-state index in [1.165, 1.54) is 6.42 Å². The number of hydrogen-bond donors (Lipinski definition) is 1. The SMILES string of the molecule is CC(C(=O)NC1CCCCC1)N(Cc1c(Cl)cccc1Cl)C(=O)CCCOc1ccccc1. The van der Waals surface area contributed by atoms with Gasteiger partial charge in [0.15, 0.2) is 0 Å². The van der Waals surface area contributed by atoms with Gasteiger partial charge in [-0.25, -0.2) is 0 Å². The summed E-state index contributed by atoms with van der Waals surface area (Å²) in [4.78, 5) is 27.8. The number of amides is 2. The Hall–Kier alpha value is -2.24. The smallest absolute Gasteiger partial charge is 0.242 e. The van der Waals surface area contributed by atoms with Crippen molar-refractivity contribution in [1.29, 1.82) is 0 Å². The summed E-state index contributed by atoms with van der Waals surface area (Å²) in [5.74, 6) is 0.498. The molecule has 2 amide bonds. The largest absolute Gasteiger partial charge is 0.494 e. The normalized spacial score (nSPS) is 15.0. The summed E-state index contributed by atoms with van der Waals surface area (Å²) < 4.78 is 5.71. The Bertz CT molecular complexity index is 897. The van der Waals surface area contributed by atoms with Crippen molar-refractivity contribution in [3.8, 4) is 5.75 Å². The molecular formula is C26H32Cl2N2O3. The van der Waals surface area contributed by atoms with Crippen LogP contribution in [0.3, 0.4) is 0 Å². The van der Waals surface area contributed by atoms with Gasteiger partial charge < -0.3 is 15.0 Å². The molecule has 0 spiro atoms. The van der Waals surface area contributed by atoms with Crippen LogP contribution in [0.15, 0.2) is 48.5 Å². The van der Waals surface area contributed by atoms with E-state index < -0.39 is 6.04 Å². The number of ether oxygens (including phenoxy) is 1. The lowest BCUT2D eigenvalue weighted by atomic mass is 9.95. The van der Waals surface area contributed by atoms with Crippen LogP contribution in [0.1, 0.15) is 57.4 Å². The van der Waals surface area contributed by atoms with Gasteiger partial charge in [0.1, 0.15) is 11.8 Å². The van der Waals surface area contributed by atoms with Crippen molar-refractivity contribution < 1.29 is 14.3 Å². The molecule has 5 nitrogen and oxygen atoms in total. The number of halogens is 2. The van der Waals surface area contributed by atoms with Crippen LogP contribution in [-0.2, 0) is 16.1 Å². The average Bonchev–Trinajstić information content (AvgIpc) is 2.82. The van der Waals surface area contributed by atoms with Gasteiger partial charge in [0, 0.05) is 34.6 Å². The van der Waals surface area contributed by atoms with Crippen LogP contribution < -0.4 is 10.1 Å². The molecular weight excluding hydrogens is 459 g/mol. The number of hydrogen-bond acceptors (Lipinski definition) is 3. The van der Waals surface area contributed by atoms with E-state index in [2.05, 4.69) is 5.32 Å². The number of benzene rings is 2. The zero-order valence-corrected chi connectivity index (χ0v) is 20.6. The summed E-state index contributed by atoms with van der Waals surface area (Å²) in [6, 6.07) is 14.3. The summed E-state index contributed by atoms with van der Waals surface area (Å²) in [5.41, 5.74) is 0.645. The Labute approximate surface area is 206 Å². The molecule has 1 saturated carbocycles. The molecule has 0 aromatic heterocycles. The Morgan fingerprint density at radius 2 is 1.70 bits per heavy atom. The standard InChI is InChI=1S/C26H32Cl2N2O3/c1-19(26(32)29-20-10-4-2-5-11-20)30(18-22-23(27)14-8-15-24(22)28)25(31)16-9-17-33-21-12-6-3-7-13-21/h3,6-8,12-15,19-20H,2,4-5,9-11,16-18H2,1H3,(H,29,32). The van der Waals surface area contributed by atoms with Crippen molar-refractivity contribution in [1.82, 2.24) is 10.2 Å². The molecule has 2 aromatic carbocycles. The van der Waals surface area contributed by atoms with Crippen molar-refractivity contribution in [2.75, 3.05) is 6.61 Å². The van der Waals surface area contributed by atoms with E-state index in [-0.39, 0.29) is 30.8 Å². The third kappa shape index (κ3) is 7.65. The molecule has 1 fully saturated rings. The summed E-state index contributed by atoms with van der Waals surface area (Å²) >= 11 is 12.7. The molecule has 2 aromatic rings. The summed E-state index contributed by atoms with van der Waals surface area (Å²) in [6.07, 6.45) is 6.23. The molecule has 7 heteroatoms. The van der Waals surface area contributed by atoms with E-state index in [1.54, 1.807) is 30.0 Å². The van der Waals surface area contributed by atoms with Gasteiger partial charge in [-0.05, 0) is 50.5 Å². The Kier molecular flexibility index (Phi) is 9.89. The second-order valence-corrected chi connectivity index (χ2v) is 9.32. The highest BCUT2D eigenvalue weighted by Gasteiger charge is 2.28. The quantitative estimate of drug-likeness (QED) is 0.414. The molecule has 1 aliphatic rings. The predicted molar refractivity (Wildman–Crippen MR) is 133 cm³/mol. The van der Waals surface area contributed by atoms with Crippen LogP contribution in [0, 0.1) is 0 Å². The van der Waals surface area contributed by atoms with Gasteiger partial charge in [-0.3, -0.25) is 9.59 Å². The monoisotopic (exact) mass is 490 g/mol. The van der Waals surface area contributed by atoms with E-state index in [9.17, 15) is 9.59 Å². The Morgan fingerprint density at radius 1 is 1.03 bits per heavy atom. The topological polar surface area (TPSA) is 58.6 Å². The molecule has 0 aliphatic heterocycles. The third-order valence-corrected chi connectivity index (χ3v) is 6.76. The number of nitrogens with one attached hydrogen (secondary N) is 1. The lowest BCUT2D eigenvalue weighted by molar-refractivity contribution is -0.141. The van der Waals surface area contributed by atoms with Crippen LogP contribution >= 0.6 is 23.2 Å². The predicted octanol–water partition coefficient (Wildman–Crippen LogP) is 6.02.